The van der Waals surface area contributed by atoms with Crippen molar-refractivity contribution in [2.75, 3.05) is 17.6 Å². The number of halogens is 4. The fourth-order valence-electron chi connectivity index (χ4n) is 3.96. The van der Waals surface area contributed by atoms with Gasteiger partial charge >= 0.3 is 12.6 Å². The van der Waals surface area contributed by atoms with Gasteiger partial charge in [-0.05, 0) is 73.1 Å². The average molecular weight is 645 g/mol. The summed E-state index contributed by atoms with van der Waals surface area (Å²) < 4.78 is 67.7. The molecule has 2 aromatic carbocycles. The van der Waals surface area contributed by atoms with Gasteiger partial charge in [-0.3, -0.25) is 9.52 Å². The van der Waals surface area contributed by atoms with E-state index >= 15 is 0 Å². The molecule has 2 aromatic rings. The largest absolute Gasteiger partial charge is 0.489 e. The monoisotopic (exact) mass is 643 g/mol. The average Bonchev–Trinajstić information content (AvgIpc) is 3.77. The Labute approximate surface area is 255 Å². The first kappa shape index (κ1) is 33.4. The second kappa shape index (κ2) is 15.4. The van der Waals surface area contributed by atoms with Gasteiger partial charge in [-0.2, -0.15) is 8.78 Å². The zero-order valence-corrected chi connectivity index (χ0v) is 25.6. The Morgan fingerprint density at radius 3 is 2.40 bits per heavy atom. The van der Waals surface area contributed by atoms with Gasteiger partial charge in [0.25, 0.3) is 0 Å². The van der Waals surface area contributed by atoms with Crippen molar-refractivity contribution in [1.82, 2.24) is 0 Å². The van der Waals surface area contributed by atoms with Gasteiger partial charge in [0.05, 0.1) is 12.9 Å². The topological polar surface area (TPSA) is 90.9 Å². The van der Waals surface area contributed by atoms with E-state index in [0.717, 1.165) is 24.7 Å². The van der Waals surface area contributed by atoms with Crippen LogP contribution in [0.1, 0.15) is 49.8 Å². The van der Waals surface area contributed by atoms with E-state index in [1.807, 2.05) is 0 Å². The molecule has 3 rings (SSSR count). The third kappa shape index (κ3) is 11.0. The zero-order chi connectivity index (χ0) is 30.9. The molecule has 1 fully saturated rings. The van der Waals surface area contributed by atoms with Crippen molar-refractivity contribution in [2.45, 2.75) is 51.7 Å². The Balaban J connectivity index is 1.85. The second-order valence-corrected chi connectivity index (χ2v) is 12.3. The molecule has 1 N–H and O–H groups in total. The third-order valence-electron chi connectivity index (χ3n) is 6.27. The maximum absolute atomic E-state index is 13.1. The highest BCUT2D eigenvalue weighted by Crippen LogP contribution is 2.39. The van der Waals surface area contributed by atoms with Gasteiger partial charge in [0, 0.05) is 28.6 Å². The summed E-state index contributed by atoms with van der Waals surface area (Å²) in [4.78, 5) is 13.0. The van der Waals surface area contributed by atoms with E-state index in [2.05, 4.69) is 16.0 Å². The van der Waals surface area contributed by atoms with Crippen molar-refractivity contribution in [3.8, 4) is 11.5 Å². The summed E-state index contributed by atoms with van der Waals surface area (Å²) in [5.74, 6) is -0.189. The Hall–Kier alpha value is -3.08. The molecule has 0 bridgehead atoms. The molecule has 1 aliphatic carbocycles. The van der Waals surface area contributed by atoms with Gasteiger partial charge in [-0.25, -0.2) is 8.42 Å². The molecule has 0 aromatic heterocycles. The highest BCUT2D eigenvalue weighted by molar-refractivity contribution is 7.92. The molecular formula is C30H33Cl2F2NO6S. The highest BCUT2D eigenvalue weighted by atomic mass is 35.5. The normalized spacial score (nSPS) is 15.1. The number of carbonyl (C=O) groups excluding carboxylic acids is 1. The van der Waals surface area contributed by atoms with Crippen LogP contribution >= 0.6 is 23.2 Å². The number of allylic oxidation sites excluding steroid dienone is 4. The van der Waals surface area contributed by atoms with Gasteiger partial charge in [-0.15, -0.1) is 0 Å². The number of esters is 1. The standard InChI is InChI=1S/C30H33Cl2F2NO6S/c1-4-24(31)23(25(32)5-2)17-27(21-11-14-26(41-30(33)34)28(16-21)39-18-20-6-7-20)40-29(36)15-10-19-8-12-22(13-9-19)35-42(3,37)38/h4-5,8-9,11-14,16,20,27,30,35H,1,6-7,10,15,17-18H2,2-3H3/b24-23+,25-5+/t27-/m0/s1. The summed E-state index contributed by atoms with van der Waals surface area (Å²) >= 11 is 12.8. The number of nitrogens with one attached hydrogen (secondary N) is 1. The number of anilines is 1. The molecule has 1 aliphatic rings. The van der Waals surface area contributed by atoms with E-state index in [1.54, 1.807) is 37.3 Å². The van der Waals surface area contributed by atoms with Crippen molar-refractivity contribution < 1.29 is 36.2 Å². The maximum Gasteiger partial charge on any atom is 0.387 e. The van der Waals surface area contributed by atoms with Crippen LogP contribution in [0.4, 0.5) is 14.5 Å². The first-order valence-corrected chi connectivity index (χ1v) is 15.8. The quantitative estimate of drug-likeness (QED) is 0.148. The lowest BCUT2D eigenvalue weighted by Gasteiger charge is -2.22. The summed E-state index contributed by atoms with van der Waals surface area (Å²) in [5, 5.41) is 0.608. The molecular weight excluding hydrogens is 611 g/mol. The van der Waals surface area contributed by atoms with Crippen LogP contribution in [-0.2, 0) is 26.0 Å². The number of hydrogen-bond acceptors (Lipinski definition) is 6. The number of benzene rings is 2. The molecule has 7 nitrogen and oxygen atoms in total. The number of rotatable bonds is 16. The van der Waals surface area contributed by atoms with Gasteiger partial charge in [-0.1, -0.05) is 60.1 Å². The fourth-order valence-corrected chi connectivity index (χ4v) is 4.93. The molecule has 228 valence electrons. The SMILES string of the molecule is C=C/C(Cl)=C(C[C@H](OC(=O)CCc1ccc(NS(C)(=O)=O)cc1)c1ccc(OC(F)F)c(OCC2CC2)c1)\C(Cl)=C/C. The van der Waals surface area contributed by atoms with Crippen LogP contribution in [0, 0.1) is 5.92 Å². The highest BCUT2D eigenvalue weighted by Gasteiger charge is 2.26. The van der Waals surface area contributed by atoms with Crippen molar-refractivity contribution in [3.05, 3.63) is 88.0 Å². The minimum atomic E-state index is -3.41. The van der Waals surface area contributed by atoms with E-state index in [-0.39, 0.29) is 29.4 Å². The maximum atomic E-state index is 13.1. The lowest BCUT2D eigenvalue weighted by Crippen LogP contribution is -2.14. The van der Waals surface area contributed by atoms with Gasteiger partial charge in [0.2, 0.25) is 10.0 Å². The molecule has 0 radical (unpaired) electrons. The number of alkyl halides is 2. The molecule has 0 aliphatic heterocycles. The molecule has 12 heteroatoms. The minimum absolute atomic E-state index is 0.0125. The molecule has 0 saturated heterocycles. The Morgan fingerprint density at radius 2 is 1.83 bits per heavy atom. The van der Waals surface area contributed by atoms with Crippen LogP contribution in [0.15, 0.2) is 76.8 Å². The van der Waals surface area contributed by atoms with E-state index in [4.69, 9.17) is 32.7 Å². The summed E-state index contributed by atoms with van der Waals surface area (Å²) in [6.45, 7) is 2.74. The van der Waals surface area contributed by atoms with Crippen LogP contribution in [0.5, 0.6) is 11.5 Å². The predicted molar refractivity (Wildman–Crippen MR) is 161 cm³/mol. The smallest absolute Gasteiger partial charge is 0.387 e. The van der Waals surface area contributed by atoms with E-state index in [9.17, 15) is 22.0 Å². The van der Waals surface area contributed by atoms with E-state index < -0.39 is 28.7 Å². The molecule has 0 heterocycles. The minimum Gasteiger partial charge on any atom is -0.489 e. The number of ether oxygens (including phenoxy) is 3. The molecule has 42 heavy (non-hydrogen) atoms. The van der Waals surface area contributed by atoms with Gasteiger partial charge < -0.3 is 14.2 Å². The van der Waals surface area contributed by atoms with Crippen LogP contribution < -0.4 is 14.2 Å². The van der Waals surface area contributed by atoms with E-state index in [0.29, 0.717) is 40.8 Å². The predicted octanol–water partition coefficient (Wildman–Crippen LogP) is 7.88. The second-order valence-electron chi connectivity index (χ2n) is 9.76. The van der Waals surface area contributed by atoms with Gasteiger partial charge in [0.1, 0.15) is 6.10 Å². The summed E-state index contributed by atoms with van der Waals surface area (Å²) in [6.07, 6.45) is 5.63. The third-order valence-corrected chi connectivity index (χ3v) is 7.71. The van der Waals surface area contributed by atoms with Crippen molar-refractivity contribution in [3.63, 3.8) is 0 Å². The van der Waals surface area contributed by atoms with E-state index in [1.165, 1.54) is 24.3 Å². The summed E-state index contributed by atoms with van der Waals surface area (Å²) in [5.41, 5.74) is 2.15. The zero-order valence-electron chi connectivity index (χ0n) is 23.2. The molecule has 0 unspecified atom stereocenters. The van der Waals surface area contributed by atoms with Gasteiger partial charge in [0.15, 0.2) is 11.5 Å². The number of aryl methyl sites for hydroxylation is 1. The Bertz CT molecular complexity index is 1420. The lowest BCUT2D eigenvalue weighted by molar-refractivity contribution is -0.149. The first-order valence-electron chi connectivity index (χ1n) is 13.2. The van der Waals surface area contributed by atoms with Crippen molar-refractivity contribution in [1.29, 1.82) is 0 Å². The van der Waals surface area contributed by atoms with Crippen LogP contribution in [-0.4, -0.2) is 33.9 Å². The first-order chi connectivity index (χ1) is 19.9. The van der Waals surface area contributed by atoms with Crippen LogP contribution in [0.3, 0.4) is 0 Å². The van der Waals surface area contributed by atoms with Crippen LogP contribution in [0.2, 0.25) is 0 Å². The number of sulfonamides is 1. The summed E-state index contributed by atoms with van der Waals surface area (Å²) in [6, 6.07) is 11.0. The Morgan fingerprint density at radius 1 is 1.14 bits per heavy atom. The number of carbonyl (C=O) groups is 1. The molecule has 1 atom stereocenters. The van der Waals surface area contributed by atoms with Crippen LogP contribution in [0.25, 0.3) is 0 Å². The lowest BCUT2D eigenvalue weighted by atomic mass is 9.99. The number of hydrogen-bond donors (Lipinski definition) is 1. The molecule has 0 spiro atoms. The Kier molecular flexibility index (Phi) is 12.3. The fraction of sp³-hybridized carbons (Fsp3) is 0.367. The molecule has 0 amide bonds. The van der Waals surface area contributed by atoms with Crippen molar-refractivity contribution in [2.24, 2.45) is 5.92 Å². The summed E-state index contributed by atoms with van der Waals surface area (Å²) in [7, 11) is -3.41. The molecule has 1 saturated carbocycles. The van der Waals surface area contributed by atoms with Crippen molar-refractivity contribution >= 4 is 44.9 Å².